The van der Waals surface area contributed by atoms with Crippen LogP contribution in [0.5, 0.6) is 0 Å². The van der Waals surface area contributed by atoms with E-state index in [-0.39, 0.29) is 17.0 Å². The number of nitrogens with one attached hydrogen (secondary N) is 2. The van der Waals surface area contributed by atoms with Crippen LogP contribution in [-0.2, 0) is 5.54 Å². The summed E-state index contributed by atoms with van der Waals surface area (Å²) < 4.78 is 1.79. The molecule has 2 heterocycles. The Balaban J connectivity index is 1.30. The number of aromatic nitrogens is 1. The van der Waals surface area contributed by atoms with E-state index >= 15 is 0 Å². The van der Waals surface area contributed by atoms with E-state index in [2.05, 4.69) is 28.7 Å². The van der Waals surface area contributed by atoms with E-state index in [0.29, 0.717) is 45.3 Å². The number of rotatable bonds is 6. The first-order valence-electron chi connectivity index (χ1n) is 12.0. The minimum atomic E-state index is -0.398. The Kier molecular flexibility index (Phi) is 4.84. The van der Waals surface area contributed by atoms with Crippen molar-refractivity contribution in [2.45, 2.75) is 43.8 Å². The van der Waals surface area contributed by atoms with Gasteiger partial charge in [-0.3, -0.25) is 9.59 Å². The summed E-state index contributed by atoms with van der Waals surface area (Å²) in [7, 11) is 2.13. The van der Waals surface area contributed by atoms with Crippen LogP contribution in [0, 0.1) is 29.1 Å². The van der Waals surface area contributed by atoms with Crippen LogP contribution < -0.4 is 16.2 Å². The molecule has 1 amide bonds. The molecule has 1 saturated heterocycles. The molecule has 5 aliphatic rings. The highest BCUT2D eigenvalue weighted by atomic mass is 35.5. The zero-order valence-electron chi connectivity index (χ0n) is 19.3. The number of halogens is 1. The zero-order valence-corrected chi connectivity index (χ0v) is 20.1. The number of nitrogens with zero attached hydrogens (tertiary/aromatic N) is 3. The molecule has 4 atom stereocenters. The number of piperidine rings is 1. The molecule has 7 nitrogen and oxygen atoms in total. The predicted molar refractivity (Wildman–Crippen MR) is 130 cm³/mol. The van der Waals surface area contributed by atoms with Crippen molar-refractivity contribution in [3.8, 4) is 6.07 Å². The molecule has 0 radical (unpaired) electrons. The summed E-state index contributed by atoms with van der Waals surface area (Å²) in [4.78, 5) is 28.9. The van der Waals surface area contributed by atoms with Gasteiger partial charge in [0.2, 0.25) is 0 Å². The molecule has 2 aromatic rings. The number of carbonyl (C=O) groups is 1. The Morgan fingerprint density at radius 3 is 2.59 bits per heavy atom. The standard InChI is InChI=1S/C26H28ClN5O2/c1-14(17-5-3-4-16(10-28)23(17)27)29-25(34)20-13-32(26-7-15(8-26)9-26)22(33)6-21(20)30-24-18-11-31(2)12-19(18)24/h3-6,13-15,18-19,24,30H,7-9,11-12H2,1-2H3,(H,29,34)/t14-,15?,18-,19+,24-,26?/m1/s1. The molecule has 8 heteroatoms. The van der Waals surface area contributed by atoms with Crippen LogP contribution in [0.1, 0.15) is 53.7 Å². The van der Waals surface area contributed by atoms with Gasteiger partial charge in [-0.25, -0.2) is 0 Å². The topological polar surface area (TPSA) is 90.2 Å². The molecule has 0 unspecified atom stereocenters. The van der Waals surface area contributed by atoms with Crippen molar-refractivity contribution in [3.63, 3.8) is 0 Å². The van der Waals surface area contributed by atoms with E-state index in [1.54, 1.807) is 29.0 Å². The number of likely N-dealkylation sites (tertiary alicyclic amines) is 1. The van der Waals surface area contributed by atoms with Crippen molar-refractivity contribution < 1.29 is 4.79 Å². The first-order chi connectivity index (χ1) is 16.3. The van der Waals surface area contributed by atoms with Crippen molar-refractivity contribution in [2.24, 2.45) is 17.8 Å². The second-order valence-electron chi connectivity index (χ2n) is 10.7. The van der Waals surface area contributed by atoms with Crippen molar-refractivity contribution in [2.75, 3.05) is 25.5 Å². The summed E-state index contributed by atoms with van der Waals surface area (Å²) in [5, 5.41) is 16.2. The first-order valence-corrected chi connectivity index (χ1v) is 12.4. The lowest BCUT2D eigenvalue weighted by Crippen LogP contribution is -2.62. The molecule has 1 aromatic heterocycles. The summed E-state index contributed by atoms with van der Waals surface area (Å²) in [6, 6.07) is 8.84. The number of benzene rings is 1. The van der Waals surface area contributed by atoms with Gasteiger partial charge in [-0.1, -0.05) is 23.7 Å². The number of anilines is 1. The van der Waals surface area contributed by atoms with Gasteiger partial charge in [0.15, 0.2) is 0 Å². The van der Waals surface area contributed by atoms with Gasteiger partial charge in [-0.15, -0.1) is 0 Å². The van der Waals surface area contributed by atoms with Gasteiger partial charge in [-0.05, 0) is 62.6 Å². The number of fused-ring (bicyclic) bond motifs is 1. The van der Waals surface area contributed by atoms with Crippen molar-refractivity contribution in [3.05, 3.63) is 62.5 Å². The van der Waals surface area contributed by atoms with Crippen LogP contribution in [0.25, 0.3) is 0 Å². The molecule has 2 N–H and O–H groups in total. The van der Waals surface area contributed by atoms with Crippen LogP contribution in [-0.4, -0.2) is 41.6 Å². The molecule has 176 valence electrons. The number of hydrogen-bond donors (Lipinski definition) is 2. The summed E-state index contributed by atoms with van der Waals surface area (Å²) in [6.07, 6.45) is 4.83. The van der Waals surface area contributed by atoms with Gasteiger partial charge < -0.3 is 20.1 Å². The van der Waals surface area contributed by atoms with E-state index in [0.717, 1.165) is 38.3 Å². The second kappa shape index (κ2) is 7.59. The van der Waals surface area contributed by atoms with Gasteiger partial charge in [-0.2, -0.15) is 5.26 Å². The van der Waals surface area contributed by atoms with Crippen LogP contribution in [0.4, 0.5) is 5.69 Å². The van der Waals surface area contributed by atoms with Gasteiger partial charge in [0.05, 0.1) is 27.9 Å². The maximum atomic E-state index is 13.5. The maximum absolute atomic E-state index is 13.5. The van der Waals surface area contributed by atoms with Crippen LogP contribution in [0.15, 0.2) is 35.3 Å². The normalized spacial score (nSPS) is 31.5. The lowest BCUT2D eigenvalue weighted by molar-refractivity contribution is -0.0914. The third-order valence-corrected chi connectivity index (χ3v) is 8.90. The fourth-order valence-electron chi connectivity index (χ4n) is 6.39. The largest absolute Gasteiger partial charge is 0.381 e. The Bertz CT molecular complexity index is 1270. The Morgan fingerprint density at radius 2 is 1.97 bits per heavy atom. The fourth-order valence-corrected chi connectivity index (χ4v) is 6.72. The van der Waals surface area contributed by atoms with Crippen LogP contribution >= 0.6 is 11.6 Å². The number of hydrogen-bond acceptors (Lipinski definition) is 5. The highest BCUT2D eigenvalue weighted by Gasteiger charge is 2.58. The van der Waals surface area contributed by atoms with Crippen LogP contribution in [0.3, 0.4) is 0 Å². The summed E-state index contributed by atoms with van der Waals surface area (Å²) in [6.45, 7) is 3.93. The van der Waals surface area contributed by atoms with Crippen molar-refractivity contribution in [1.82, 2.24) is 14.8 Å². The minimum absolute atomic E-state index is 0.0436. The molecule has 7 rings (SSSR count). The average molecular weight is 478 g/mol. The molecule has 34 heavy (non-hydrogen) atoms. The Hall–Kier alpha value is -2.82. The summed E-state index contributed by atoms with van der Waals surface area (Å²) >= 11 is 6.41. The summed E-state index contributed by atoms with van der Waals surface area (Å²) in [5.41, 5.74) is 2.02. The molecule has 0 spiro atoms. The van der Waals surface area contributed by atoms with Crippen LogP contribution in [0.2, 0.25) is 5.02 Å². The van der Waals surface area contributed by atoms with E-state index < -0.39 is 6.04 Å². The zero-order chi connectivity index (χ0) is 23.8. The van der Waals surface area contributed by atoms with E-state index in [1.807, 2.05) is 13.0 Å². The predicted octanol–water partition coefficient (Wildman–Crippen LogP) is 3.35. The van der Waals surface area contributed by atoms with Crippen molar-refractivity contribution in [1.29, 1.82) is 5.26 Å². The maximum Gasteiger partial charge on any atom is 0.255 e. The number of carbonyl (C=O) groups excluding carboxylic acids is 1. The van der Waals surface area contributed by atoms with Crippen molar-refractivity contribution >= 4 is 23.2 Å². The smallest absolute Gasteiger partial charge is 0.255 e. The molecular formula is C26H28ClN5O2. The Morgan fingerprint density at radius 1 is 1.26 bits per heavy atom. The molecule has 4 aliphatic carbocycles. The number of nitriles is 1. The number of amides is 1. The second-order valence-corrected chi connectivity index (χ2v) is 11.1. The first kappa shape index (κ1) is 21.7. The van der Waals surface area contributed by atoms with Gasteiger partial charge in [0.1, 0.15) is 6.07 Å². The molecule has 4 saturated carbocycles. The molecule has 5 fully saturated rings. The average Bonchev–Trinajstić information content (AvgIpc) is 3.18. The highest BCUT2D eigenvalue weighted by Crippen LogP contribution is 2.61. The molecule has 1 aliphatic heterocycles. The Labute approximate surface area is 203 Å². The quantitative estimate of drug-likeness (QED) is 0.666. The van der Waals surface area contributed by atoms with Gasteiger partial charge in [0, 0.05) is 36.9 Å². The number of pyridine rings is 1. The van der Waals surface area contributed by atoms with E-state index in [9.17, 15) is 14.9 Å². The molecule has 2 bridgehead atoms. The lowest BCUT2D eigenvalue weighted by atomic mass is 9.49. The monoisotopic (exact) mass is 477 g/mol. The SMILES string of the molecule is C[C@@H](NC(=O)c1cn(C23CC(C2)C3)c(=O)cc1N[C@@H]1[C@@H]2CN(C)C[C@@H]21)c1cccc(C#N)c1Cl. The van der Waals surface area contributed by atoms with Gasteiger partial charge in [0.25, 0.3) is 11.5 Å². The molecular weight excluding hydrogens is 450 g/mol. The summed E-state index contributed by atoms with van der Waals surface area (Å²) in [5.74, 6) is 1.59. The molecule has 1 aromatic carbocycles. The fraction of sp³-hybridized carbons (Fsp3) is 0.500. The van der Waals surface area contributed by atoms with E-state index in [1.165, 1.54) is 0 Å². The lowest BCUT2D eigenvalue weighted by Gasteiger charge is -2.62. The van der Waals surface area contributed by atoms with Gasteiger partial charge >= 0.3 is 0 Å². The third-order valence-electron chi connectivity index (χ3n) is 8.48. The minimum Gasteiger partial charge on any atom is -0.381 e. The highest BCUT2D eigenvalue weighted by molar-refractivity contribution is 6.32. The van der Waals surface area contributed by atoms with E-state index in [4.69, 9.17) is 11.6 Å². The third kappa shape index (κ3) is 3.27.